The third-order valence-electron chi connectivity index (χ3n) is 1.70. The fraction of sp³-hybridized carbons (Fsp3) is 0. The average Bonchev–Trinajstić information content (AvgIpc) is 3.31. The second-order valence-corrected chi connectivity index (χ2v) is 4.23. The third kappa shape index (κ3) is 59.4. The van der Waals surface area contributed by atoms with Gasteiger partial charge in [0.25, 0.3) is 0 Å². The van der Waals surface area contributed by atoms with E-state index in [-0.39, 0.29) is 0 Å². The number of hydrogen-bond acceptors (Lipinski definition) is 64. The molecule has 0 aliphatic heterocycles. The van der Waals surface area contributed by atoms with Gasteiger partial charge in [0, 0.05) is 232 Å². The number of hydrogen-bond donors (Lipinski definition) is 2. The first-order valence-corrected chi connectivity index (χ1v) is 10.5. The van der Waals surface area contributed by atoms with E-state index in [0.29, 0.717) is 0 Å². The zero-order chi connectivity index (χ0) is 45.8. The second-order valence-electron chi connectivity index (χ2n) is 4.23. The van der Waals surface area contributed by atoms with Crippen molar-refractivity contribution in [3.05, 3.63) is 0 Å². The molecule has 0 bridgehead atoms. The summed E-state index contributed by atoms with van der Waals surface area (Å²) < 4.78 is 0. The van der Waals surface area contributed by atoms with Gasteiger partial charge in [0.05, 0.1) is 0 Å². The van der Waals surface area contributed by atoms with Crippen LogP contribution in [0.1, 0.15) is 0 Å². The van der Waals surface area contributed by atoms with E-state index in [1.807, 2.05) is 0 Å². The van der Waals surface area contributed by atoms with Gasteiger partial charge < -0.3 is 0 Å². The van der Waals surface area contributed by atoms with Gasteiger partial charge in [-0.15, -0.1) is 0 Å². The molecule has 0 saturated heterocycles. The summed E-state index contributed by atoms with van der Waals surface area (Å²) in [4.78, 5) is 0. The van der Waals surface area contributed by atoms with Crippen molar-refractivity contribution in [1.82, 2.24) is 0 Å². The van der Waals surface area contributed by atoms with Gasteiger partial charge in [0.15, 0.2) is 0 Å². The highest BCUT2D eigenvalue weighted by molar-refractivity contribution is 3.14. The molecule has 0 atom stereocenters. The monoisotopic (exact) mass is 1030 g/mol. The Balaban J connectivity index is 3.06. The summed E-state index contributed by atoms with van der Waals surface area (Å²) in [5.41, 5.74) is 0. The molecule has 0 spiro atoms. The molecule has 0 aliphatic rings. The highest BCUT2D eigenvalue weighted by Gasteiger charge is 2.05. The fourth-order valence-corrected chi connectivity index (χ4v) is 0.683. The average molecular weight is 1030 g/mol. The lowest BCUT2D eigenvalue weighted by Gasteiger charge is -2.00. The molecule has 64 nitrogen and oxygen atoms in total. The highest BCUT2D eigenvalue weighted by atomic mass is 18.1. The third-order valence-corrected chi connectivity index (χ3v) is 1.70. The predicted molar refractivity (Wildman–Crippen MR) is 72.5 cm³/mol. The summed E-state index contributed by atoms with van der Waals surface area (Å²) in [5.74, 6) is 0. The Labute approximate surface area is 325 Å². The van der Waals surface area contributed by atoms with Gasteiger partial charge in [0.1, 0.15) is 0 Å². The van der Waals surface area contributed by atoms with Crippen LogP contribution in [0, 0.1) is 0 Å². The molecule has 0 rings (SSSR count). The minimum Gasteiger partial charge on any atom is -0.219 e. The Hall–Kier alpha value is -2.56. The molecule has 0 saturated carbocycles. The smallest absolute Gasteiger partial charge is 0 e. The van der Waals surface area contributed by atoms with Crippen LogP contribution in [0.4, 0.5) is 0 Å². The van der Waals surface area contributed by atoms with E-state index in [0.717, 1.165) is 0 Å². The zero-order valence-electron chi connectivity index (χ0n) is 26.2. The summed E-state index contributed by atoms with van der Waals surface area (Å²) >= 11 is 0. The molecule has 386 valence electrons. The van der Waals surface area contributed by atoms with Crippen molar-refractivity contribution in [3.8, 4) is 0 Å². The molecule has 0 aromatic rings. The first kappa shape index (κ1) is 61.4. The lowest BCUT2D eigenvalue weighted by molar-refractivity contribution is -0.912. The van der Waals surface area contributed by atoms with E-state index >= 15 is 0 Å². The van der Waals surface area contributed by atoms with E-state index in [2.05, 4.69) is 312 Å². The predicted octanol–water partition coefficient (Wildman–Crippen LogP) is -4.22. The van der Waals surface area contributed by atoms with E-state index < -0.39 is 0 Å². The summed E-state index contributed by atoms with van der Waals surface area (Å²) in [6, 6.07) is 0. The molecule has 0 aromatic carbocycles. The second kappa shape index (κ2) is 60.4. The molecular weight excluding hydrogens is 1020 g/mol. The first-order valence-electron chi connectivity index (χ1n) is 10.5. The lowest BCUT2D eigenvalue weighted by Crippen LogP contribution is -2.07. The summed E-state index contributed by atoms with van der Waals surface area (Å²) in [6.07, 6.45) is 0. The van der Waals surface area contributed by atoms with E-state index in [4.69, 9.17) is 10.5 Å². The maximum absolute atomic E-state index is 7.57. The van der Waals surface area contributed by atoms with Gasteiger partial charge in [-0.05, 0) is 80.6 Å². The van der Waals surface area contributed by atoms with Crippen LogP contribution in [-0.4, -0.2) is 10.5 Å². The van der Waals surface area contributed by atoms with Gasteiger partial charge in [-0.2, -0.15) is 0 Å². The van der Waals surface area contributed by atoms with Crippen molar-refractivity contribution in [2.45, 2.75) is 0 Å². The van der Waals surface area contributed by atoms with Gasteiger partial charge in [0.2, 0.25) is 0 Å². The van der Waals surface area contributed by atoms with Crippen LogP contribution in [0.3, 0.4) is 0 Å². The topological polar surface area (TPSA) is 613 Å². The maximum Gasteiger partial charge on any atom is 0 e. The highest BCUT2D eigenvalue weighted by Crippen LogP contribution is 1.98. The Bertz CT molecular complexity index is 676. The summed E-state index contributed by atoms with van der Waals surface area (Å²) in [7, 11) is 0. The lowest BCUT2D eigenvalue weighted by atomic mass is 14.0. The van der Waals surface area contributed by atoms with Crippen LogP contribution < -0.4 is 0 Å². The molecule has 0 amide bonds. The van der Waals surface area contributed by atoms with Gasteiger partial charge in [-0.3, -0.25) is 0 Å². The van der Waals surface area contributed by atoms with Crippen LogP contribution in [0.2, 0.25) is 0 Å². The van der Waals surface area contributed by atoms with Gasteiger partial charge >= 0.3 is 0 Å². The first-order chi connectivity index (χ1) is 31.9. The Morgan fingerprint density at radius 1 is 0.0781 bits per heavy atom. The molecule has 0 fully saturated rings. The molecular formula is H2O64. The van der Waals surface area contributed by atoms with Crippen LogP contribution in [-0.2, 0) is 312 Å². The van der Waals surface area contributed by atoms with E-state index in [9.17, 15) is 0 Å². The number of rotatable bonds is 61. The fourth-order valence-electron chi connectivity index (χ4n) is 0.683. The van der Waals surface area contributed by atoms with Crippen molar-refractivity contribution in [3.63, 3.8) is 0 Å². The van der Waals surface area contributed by atoms with Crippen molar-refractivity contribution in [2.24, 2.45) is 0 Å². The largest absolute Gasteiger partial charge is 0.219 e. The standard InChI is InChI=1S/H2O64/c1-3-5-7-9-11-13-15-17-19-21-23-25-27-29-31-33-35-37-39-41-43-45-47-49-51-53-55-57-59-61-63-64-62-60-58-56-54-52-50-48-46-44-42-40-38-36-34-32-30-28-26-24-22-20-18-16-14-12-10-8-6-4-2/h1-2H. The molecule has 0 aromatic heterocycles. The van der Waals surface area contributed by atoms with Gasteiger partial charge in [-0.25, -0.2) is 10.5 Å². The molecule has 0 radical (unpaired) electrons. The van der Waals surface area contributed by atoms with E-state index in [1.54, 1.807) is 0 Å². The quantitative estimate of drug-likeness (QED) is 0.0331. The van der Waals surface area contributed by atoms with Crippen LogP contribution in [0.25, 0.3) is 0 Å². The van der Waals surface area contributed by atoms with Crippen LogP contribution in [0.15, 0.2) is 0 Å². The minimum atomic E-state index is 2.87. The van der Waals surface area contributed by atoms with E-state index in [1.165, 1.54) is 0 Å². The molecule has 64 heteroatoms. The van der Waals surface area contributed by atoms with Crippen molar-refractivity contribution in [1.29, 1.82) is 0 Å². The molecule has 0 unspecified atom stereocenters. The summed E-state index contributed by atoms with van der Waals surface area (Å²) in [5, 5.41) is 229. The normalized spacial score (nSPS) is 11.7. The molecule has 2 N–H and O–H groups in total. The molecule has 64 heavy (non-hydrogen) atoms. The Morgan fingerprint density at radius 2 is 0.125 bits per heavy atom. The minimum absolute atomic E-state index is 2.87. The maximum atomic E-state index is 7.57. The SMILES string of the molecule is OOOOOOOOOOOOOOOOOOOOOOOOOOOOOOOOOOOOOOOOOOOOOOOOOOOOOOOOOOOOOOOO. The summed E-state index contributed by atoms with van der Waals surface area (Å²) in [6.45, 7) is 0. The van der Waals surface area contributed by atoms with Crippen LogP contribution >= 0.6 is 0 Å². The van der Waals surface area contributed by atoms with Crippen LogP contribution in [0.5, 0.6) is 0 Å². The molecule has 0 aliphatic carbocycles. The van der Waals surface area contributed by atoms with Crippen molar-refractivity contribution in [2.75, 3.05) is 0 Å². The zero-order valence-corrected chi connectivity index (χ0v) is 26.2. The molecule has 0 heterocycles. The Morgan fingerprint density at radius 3 is 0.172 bits per heavy atom. The van der Waals surface area contributed by atoms with Crippen molar-refractivity contribution >= 4 is 0 Å². The van der Waals surface area contributed by atoms with Crippen molar-refractivity contribution < 1.29 is 323 Å². The Kier molecular flexibility index (Phi) is 58.0. The van der Waals surface area contributed by atoms with Gasteiger partial charge in [-0.1, -0.05) is 0 Å².